The van der Waals surface area contributed by atoms with Gasteiger partial charge in [0.2, 0.25) is 0 Å². The molecule has 5 nitrogen and oxygen atoms in total. The van der Waals surface area contributed by atoms with E-state index >= 15 is 0 Å². The lowest BCUT2D eigenvalue weighted by atomic mass is 10.2. The van der Waals surface area contributed by atoms with Gasteiger partial charge in [-0.25, -0.2) is 8.78 Å². The number of hydrogen-bond acceptors (Lipinski definition) is 5. The second kappa shape index (κ2) is 8.68. The minimum absolute atomic E-state index is 0. The van der Waals surface area contributed by atoms with Crippen molar-refractivity contribution < 1.29 is 13.7 Å². The Morgan fingerprint density at radius 1 is 1.30 bits per heavy atom. The Morgan fingerprint density at radius 3 is 2.35 bits per heavy atom. The average molecular weight is 350 g/mol. The fourth-order valence-corrected chi connectivity index (χ4v) is 2.98. The van der Waals surface area contributed by atoms with Gasteiger partial charge in [0.05, 0.1) is 4.92 Å². The molecule has 2 rings (SSSR count). The van der Waals surface area contributed by atoms with Gasteiger partial charge in [-0.3, -0.25) is 15.0 Å². The van der Waals surface area contributed by atoms with E-state index in [2.05, 4.69) is 5.32 Å². The Kier molecular flexibility index (Phi) is 8.45. The standard InChI is InChI=1S/C10H13F2N3O2S.2ClH/c11-10(12)9(14-5-3-13-4-6-14)7-1-2-8(18-7)15(16)17;;/h1-2,9-10,13H,3-6H2;2*1H/t9-;;/m1../s1. The van der Waals surface area contributed by atoms with E-state index in [-0.39, 0.29) is 29.8 Å². The van der Waals surface area contributed by atoms with Crippen LogP contribution in [0.4, 0.5) is 13.8 Å². The second-order valence-corrected chi connectivity index (χ2v) is 5.09. The predicted molar refractivity (Wildman–Crippen MR) is 78.7 cm³/mol. The number of hydrogen-bond donors (Lipinski definition) is 1. The molecule has 116 valence electrons. The van der Waals surface area contributed by atoms with Crippen molar-refractivity contribution in [2.24, 2.45) is 0 Å². The average Bonchev–Trinajstić information content (AvgIpc) is 2.79. The molecule has 0 bridgehead atoms. The maximum Gasteiger partial charge on any atom is 0.324 e. The van der Waals surface area contributed by atoms with Crippen molar-refractivity contribution >= 4 is 41.2 Å². The summed E-state index contributed by atoms with van der Waals surface area (Å²) in [4.78, 5) is 12.1. The summed E-state index contributed by atoms with van der Waals surface area (Å²) in [6, 6.07) is 1.69. The van der Waals surface area contributed by atoms with Crippen LogP contribution in [-0.4, -0.2) is 42.4 Å². The van der Waals surface area contributed by atoms with E-state index in [0.717, 1.165) is 11.3 Å². The molecular formula is C10H15Cl2F2N3O2S. The normalized spacial score (nSPS) is 17.1. The monoisotopic (exact) mass is 349 g/mol. The number of alkyl halides is 2. The smallest absolute Gasteiger partial charge is 0.314 e. The lowest BCUT2D eigenvalue weighted by Gasteiger charge is -2.33. The van der Waals surface area contributed by atoms with E-state index in [4.69, 9.17) is 0 Å². The van der Waals surface area contributed by atoms with Crippen molar-refractivity contribution in [3.63, 3.8) is 0 Å². The van der Waals surface area contributed by atoms with Gasteiger partial charge >= 0.3 is 5.00 Å². The number of halogens is 4. The highest BCUT2D eigenvalue weighted by Gasteiger charge is 2.32. The molecule has 0 amide bonds. The first kappa shape index (κ1) is 19.5. The van der Waals surface area contributed by atoms with E-state index in [1.54, 1.807) is 4.90 Å². The van der Waals surface area contributed by atoms with Crippen LogP contribution in [0.5, 0.6) is 0 Å². The van der Waals surface area contributed by atoms with Gasteiger partial charge in [-0.2, -0.15) is 0 Å². The van der Waals surface area contributed by atoms with E-state index in [1.165, 1.54) is 12.1 Å². The zero-order chi connectivity index (χ0) is 13.1. The Bertz CT molecular complexity index is 430. The van der Waals surface area contributed by atoms with Crippen LogP contribution in [0.15, 0.2) is 12.1 Å². The lowest BCUT2D eigenvalue weighted by Crippen LogP contribution is -2.46. The Morgan fingerprint density at radius 2 is 1.90 bits per heavy atom. The van der Waals surface area contributed by atoms with Gasteiger partial charge in [0, 0.05) is 37.1 Å². The van der Waals surface area contributed by atoms with Gasteiger partial charge in [-0.15, -0.1) is 24.8 Å². The first-order valence-corrected chi connectivity index (χ1v) is 6.38. The van der Waals surface area contributed by atoms with Gasteiger partial charge < -0.3 is 5.32 Å². The number of nitrogens with zero attached hydrogens (tertiary/aromatic N) is 2. The summed E-state index contributed by atoms with van der Waals surface area (Å²) in [5.74, 6) is 0. The first-order valence-electron chi connectivity index (χ1n) is 5.56. The fourth-order valence-electron chi connectivity index (χ4n) is 2.02. The molecule has 0 spiro atoms. The summed E-state index contributed by atoms with van der Waals surface area (Å²) in [6.45, 7) is 2.38. The van der Waals surface area contributed by atoms with Crippen LogP contribution in [0.2, 0.25) is 0 Å². The third-order valence-corrected chi connectivity index (χ3v) is 3.98. The maximum atomic E-state index is 13.2. The van der Waals surface area contributed by atoms with Gasteiger partial charge in [-0.05, 0) is 6.07 Å². The summed E-state index contributed by atoms with van der Waals surface area (Å²) in [7, 11) is 0. The van der Waals surface area contributed by atoms with Gasteiger partial charge in [0.15, 0.2) is 0 Å². The SMILES string of the molecule is Cl.Cl.O=[N+]([O-])c1ccc([C@H](C(F)F)N2CCNCC2)s1. The summed E-state index contributed by atoms with van der Waals surface area (Å²) in [6.07, 6.45) is -2.54. The van der Waals surface area contributed by atoms with Crippen molar-refractivity contribution in [3.8, 4) is 0 Å². The number of nitrogens with one attached hydrogen (secondary N) is 1. The molecule has 1 fully saturated rings. The highest BCUT2D eigenvalue weighted by Crippen LogP contribution is 2.35. The van der Waals surface area contributed by atoms with E-state index < -0.39 is 17.4 Å². The molecule has 0 unspecified atom stereocenters. The third-order valence-electron chi connectivity index (χ3n) is 2.87. The highest BCUT2D eigenvalue weighted by atomic mass is 35.5. The maximum absolute atomic E-state index is 13.2. The quantitative estimate of drug-likeness (QED) is 0.670. The molecule has 1 aromatic rings. The zero-order valence-electron chi connectivity index (χ0n) is 10.3. The van der Waals surface area contributed by atoms with E-state index in [0.29, 0.717) is 31.1 Å². The Hall–Kier alpha value is -0.540. The molecule has 1 aliphatic rings. The molecule has 0 aliphatic carbocycles. The van der Waals surface area contributed by atoms with Crippen molar-refractivity contribution in [1.82, 2.24) is 10.2 Å². The highest BCUT2D eigenvalue weighted by molar-refractivity contribution is 7.15. The van der Waals surface area contributed by atoms with Crippen LogP contribution in [-0.2, 0) is 0 Å². The summed E-state index contributed by atoms with van der Waals surface area (Å²) in [5, 5.41) is 13.6. The van der Waals surface area contributed by atoms with Gasteiger partial charge in [-0.1, -0.05) is 11.3 Å². The molecule has 2 heterocycles. The third kappa shape index (κ3) is 4.49. The molecule has 1 atom stereocenters. The Labute approximate surface area is 131 Å². The molecule has 0 aromatic carbocycles. The van der Waals surface area contributed by atoms with Crippen LogP contribution in [0, 0.1) is 10.1 Å². The molecule has 1 N–H and O–H groups in total. The molecule has 1 aliphatic heterocycles. The molecule has 20 heavy (non-hydrogen) atoms. The van der Waals surface area contributed by atoms with E-state index in [1.807, 2.05) is 0 Å². The van der Waals surface area contributed by atoms with Crippen molar-refractivity contribution in [2.75, 3.05) is 26.2 Å². The minimum Gasteiger partial charge on any atom is -0.314 e. The number of piperazine rings is 1. The molecule has 10 heteroatoms. The second-order valence-electron chi connectivity index (χ2n) is 4.00. The van der Waals surface area contributed by atoms with Gasteiger partial charge in [0.25, 0.3) is 6.43 Å². The molecule has 0 saturated carbocycles. The minimum atomic E-state index is -2.54. The topological polar surface area (TPSA) is 58.4 Å². The number of nitro groups is 1. The van der Waals surface area contributed by atoms with Crippen molar-refractivity contribution in [2.45, 2.75) is 12.5 Å². The largest absolute Gasteiger partial charge is 0.324 e. The molecule has 1 saturated heterocycles. The Balaban J connectivity index is 0.00000180. The van der Waals surface area contributed by atoms with Crippen LogP contribution in [0.25, 0.3) is 0 Å². The zero-order valence-corrected chi connectivity index (χ0v) is 12.8. The molecule has 0 radical (unpaired) electrons. The summed E-state index contributed by atoms with van der Waals surface area (Å²) >= 11 is 0.830. The van der Waals surface area contributed by atoms with Crippen LogP contribution in [0.3, 0.4) is 0 Å². The molecule has 1 aromatic heterocycles. The predicted octanol–water partition coefficient (Wildman–Crippen LogP) is 2.71. The summed E-state index contributed by atoms with van der Waals surface area (Å²) < 4.78 is 26.3. The van der Waals surface area contributed by atoms with Crippen LogP contribution in [0.1, 0.15) is 10.9 Å². The van der Waals surface area contributed by atoms with E-state index in [9.17, 15) is 18.9 Å². The lowest BCUT2D eigenvalue weighted by molar-refractivity contribution is -0.380. The van der Waals surface area contributed by atoms with Crippen molar-refractivity contribution in [1.29, 1.82) is 0 Å². The fraction of sp³-hybridized carbons (Fsp3) is 0.600. The summed E-state index contributed by atoms with van der Waals surface area (Å²) in [5.41, 5.74) is 0. The van der Waals surface area contributed by atoms with Crippen LogP contribution >= 0.6 is 36.2 Å². The first-order chi connectivity index (χ1) is 8.59. The molecular weight excluding hydrogens is 335 g/mol. The number of thiophene rings is 1. The van der Waals surface area contributed by atoms with Crippen molar-refractivity contribution in [3.05, 3.63) is 27.1 Å². The van der Waals surface area contributed by atoms with Crippen LogP contribution < -0.4 is 5.32 Å². The number of rotatable bonds is 4. The van der Waals surface area contributed by atoms with Gasteiger partial charge in [0.1, 0.15) is 6.04 Å².